The van der Waals surface area contributed by atoms with Crippen LogP contribution in [0.5, 0.6) is 11.5 Å². The fraction of sp³-hybridized carbons (Fsp3) is 0.111. The third-order valence-corrected chi connectivity index (χ3v) is 4.91. The van der Waals surface area contributed by atoms with Gasteiger partial charge in [0.05, 0.1) is 19.1 Å². The number of ether oxygens (including phenoxy) is 2. The molecule has 0 aromatic heterocycles. The molecule has 0 fully saturated rings. The van der Waals surface area contributed by atoms with Gasteiger partial charge in [0.15, 0.2) is 16.7 Å². The van der Waals surface area contributed by atoms with Gasteiger partial charge < -0.3 is 15.2 Å². The van der Waals surface area contributed by atoms with Crippen LogP contribution in [-0.2, 0) is 4.79 Å². The molecule has 1 aliphatic heterocycles. The third kappa shape index (κ3) is 2.11. The Balaban J connectivity index is 1.96. The second kappa shape index (κ2) is 5.42. The van der Waals surface area contributed by atoms with Crippen LogP contribution in [-0.4, -0.2) is 25.3 Å². The lowest BCUT2D eigenvalue weighted by Crippen LogP contribution is -2.01. The summed E-state index contributed by atoms with van der Waals surface area (Å²) in [7, 11) is 3.19. The largest absolute Gasteiger partial charge is 0.493 e. The lowest BCUT2D eigenvalue weighted by molar-refractivity contribution is -0.113. The molecule has 6 heteroatoms. The van der Waals surface area contributed by atoms with Crippen molar-refractivity contribution in [2.45, 2.75) is 0 Å². The van der Waals surface area contributed by atoms with Gasteiger partial charge in [-0.2, -0.15) is 4.99 Å². The van der Waals surface area contributed by atoms with Crippen molar-refractivity contribution < 1.29 is 14.3 Å². The standard InChI is InChI=1S/C18H14N2O3S/c1-22-11-8-10(9-6-4-3-5-7-9)12-13(15(11)23-2)14(12)16-17(21)20-18(19)24-16/h3-8H,1-2H3,(H2,19,20,21)/b16-14+. The molecule has 1 aliphatic carbocycles. The Morgan fingerprint density at radius 2 is 1.83 bits per heavy atom. The minimum Gasteiger partial charge on any atom is -0.493 e. The first kappa shape index (κ1) is 14.8. The average molecular weight is 338 g/mol. The Morgan fingerprint density at radius 3 is 2.42 bits per heavy atom. The van der Waals surface area contributed by atoms with Crippen molar-refractivity contribution in [3.05, 3.63) is 52.4 Å². The summed E-state index contributed by atoms with van der Waals surface area (Å²) >= 11 is 1.20. The van der Waals surface area contributed by atoms with Gasteiger partial charge in [-0.05, 0) is 29.0 Å². The molecule has 0 radical (unpaired) electrons. The summed E-state index contributed by atoms with van der Waals surface area (Å²) in [4.78, 5) is 16.5. The van der Waals surface area contributed by atoms with E-state index in [-0.39, 0.29) is 11.1 Å². The molecule has 4 rings (SSSR count). The summed E-state index contributed by atoms with van der Waals surface area (Å²) in [6, 6.07) is 11.9. The Bertz CT molecular complexity index is 933. The zero-order valence-electron chi connectivity index (χ0n) is 13.1. The fourth-order valence-electron chi connectivity index (χ4n) is 2.98. The van der Waals surface area contributed by atoms with Gasteiger partial charge in [0.2, 0.25) is 0 Å². The third-order valence-electron chi connectivity index (χ3n) is 4.03. The molecule has 5 nitrogen and oxygen atoms in total. The zero-order chi connectivity index (χ0) is 16.8. The second-order valence-electron chi connectivity index (χ2n) is 5.34. The van der Waals surface area contributed by atoms with Crippen molar-refractivity contribution >= 4 is 28.4 Å². The van der Waals surface area contributed by atoms with E-state index in [1.165, 1.54) is 11.8 Å². The fourth-order valence-corrected chi connectivity index (χ4v) is 3.76. The lowest BCUT2D eigenvalue weighted by Gasteiger charge is -2.08. The van der Waals surface area contributed by atoms with Crippen molar-refractivity contribution in [1.82, 2.24) is 0 Å². The van der Waals surface area contributed by atoms with Gasteiger partial charge in [-0.25, -0.2) is 0 Å². The average Bonchev–Trinajstić information content (AvgIpc) is 3.24. The molecule has 0 saturated carbocycles. The first-order chi connectivity index (χ1) is 11.7. The predicted octanol–water partition coefficient (Wildman–Crippen LogP) is 3.03. The number of amides is 1. The molecular formula is C18H14N2O3S. The monoisotopic (exact) mass is 338 g/mol. The summed E-state index contributed by atoms with van der Waals surface area (Å²) in [5.74, 6) is 0.965. The number of methoxy groups -OCH3 is 2. The number of carbonyl (C=O) groups excluding carboxylic acids is 1. The van der Waals surface area contributed by atoms with E-state index in [0.29, 0.717) is 16.4 Å². The number of hydrogen-bond donors (Lipinski definition) is 1. The van der Waals surface area contributed by atoms with Crippen LogP contribution in [0.25, 0.3) is 16.7 Å². The number of thioether (sulfide) groups is 1. The van der Waals surface area contributed by atoms with Gasteiger partial charge in [-0.15, -0.1) is 0 Å². The maximum Gasteiger partial charge on any atom is 0.286 e. The number of nitrogens with two attached hydrogens (primary N) is 1. The molecule has 2 aromatic carbocycles. The highest BCUT2D eigenvalue weighted by Crippen LogP contribution is 2.60. The molecule has 1 heterocycles. The van der Waals surface area contributed by atoms with Crippen LogP contribution in [0.3, 0.4) is 0 Å². The number of amidine groups is 1. The van der Waals surface area contributed by atoms with E-state index < -0.39 is 0 Å². The molecule has 0 unspecified atom stereocenters. The molecule has 1 amide bonds. The van der Waals surface area contributed by atoms with E-state index in [1.807, 2.05) is 36.4 Å². The summed E-state index contributed by atoms with van der Waals surface area (Å²) in [6.45, 7) is 0. The topological polar surface area (TPSA) is 73.9 Å². The minimum atomic E-state index is -0.302. The molecule has 0 spiro atoms. The summed E-state index contributed by atoms with van der Waals surface area (Å²) in [5.41, 5.74) is 10.5. The highest BCUT2D eigenvalue weighted by atomic mass is 32.2. The van der Waals surface area contributed by atoms with Crippen LogP contribution < -0.4 is 15.2 Å². The van der Waals surface area contributed by atoms with E-state index in [9.17, 15) is 4.79 Å². The van der Waals surface area contributed by atoms with Crippen LogP contribution in [0, 0.1) is 0 Å². The Morgan fingerprint density at radius 1 is 1.08 bits per heavy atom. The van der Waals surface area contributed by atoms with E-state index in [2.05, 4.69) is 4.99 Å². The van der Waals surface area contributed by atoms with Crippen molar-refractivity contribution in [2.75, 3.05) is 14.2 Å². The molecule has 0 bridgehead atoms. The molecule has 0 saturated heterocycles. The maximum absolute atomic E-state index is 12.1. The second-order valence-corrected chi connectivity index (χ2v) is 6.37. The van der Waals surface area contributed by atoms with E-state index >= 15 is 0 Å². The first-order valence-electron chi connectivity index (χ1n) is 7.31. The number of fused-ring (bicyclic) bond motifs is 1. The highest BCUT2D eigenvalue weighted by molar-refractivity contribution is 8.18. The van der Waals surface area contributed by atoms with Crippen LogP contribution >= 0.6 is 11.8 Å². The molecule has 24 heavy (non-hydrogen) atoms. The molecule has 120 valence electrons. The number of benzene rings is 2. The van der Waals surface area contributed by atoms with Gasteiger partial charge in [0.1, 0.15) is 0 Å². The number of hydrogen-bond acceptors (Lipinski definition) is 5. The Kier molecular flexibility index (Phi) is 3.35. The Labute approximate surface area is 143 Å². The van der Waals surface area contributed by atoms with Gasteiger partial charge in [-0.1, -0.05) is 30.3 Å². The van der Waals surface area contributed by atoms with Gasteiger partial charge in [0, 0.05) is 16.7 Å². The maximum atomic E-state index is 12.1. The first-order valence-corrected chi connectivity index (χ1v) is 8.13. The SMILES string of the molecule is COc1cc(-c2ccccc2)c2c(c1OC)/C2=C1/SC(N)=NC1=O. The summed E-state index contributed by atoms with van der Waals surface area (Å²) < 4.78 is 11.0. The van der Waals surface area contributed by atoms with Crippen molar-refractivity contribution in [2.24, 2.45) is 10.7 Å². The van der Waals surface area contributed by atoms with E-state index in [0.717, 1.165) is 27.8 Å². The minimum absolute atomic E-state index is 0.271. The van der Waals surface area contributed by atoms with Crippen LogP contribution in [0.15, 0.2) is 46.3 Å². The van der Waals surface area contributed by atoms with Crippen molar-refractivity contribution in [3.63, 3.8) is 0 Å². The normalized spacial score (nSPS) is 18.2. The smallest absolute Gasteiger partial charge is 0.286 e. The predicted molar refractivity (Wildman–Crippen MR) is 95.2 cm³/mol. The van der Waals surface area contributed by atoms with Crippen LogP contribution in [0.1, 0.15) is 11.1 Å². The van der Waals surface area contributed by atoms with Crippen molar-refractivity contribution in [3.8, 4) is 22.6 Å². The zero-order valence-corrected chi connectivity index (χ0v) is 13.9. The quantitative estimate of drug-likeness (QED) is 0.743. The molecule has 2 aliphatic rings. The lowest BCUT2D eigenvalue weighted by atomic mass is 10.0. The van der Waals surface area contributed by atoms with Gasteiger partial charge in [0.25, 0.3) is 5.91 Å². The number of nitrogens with zero attached hydrogens (tertiary/aromatic N) is 1. The van der Waals surface area contributed by atoms with Crippen LogP contribution in [0.4, 0.5) is 0 Å². The van der Waals surface area contributed by atoms with Gasteiger partial charge >= 0.3 is 0 Å². The number of rotatable bonds is 3. The van der Waals surface area contributed by atoms with Crippen molar-refractivity contribution in [1.29, 1.82) is 0 Å². The summed E-state index contributed by atoms with van der Waals surface area (Å²) in [5, 5.41) is 0.271. The van der Waals surface area contributed by atoms with E-state index in [4.69, 9.17) is 15.2 Å². The summed E-state index contributed by atoms with van der Waals surface area (Å²) in [6.07, 6.45) is 0. The molecule has 2 N–H and O–H groups in total. The number of aliphatic imine (C=N–C) groups is 1. The van der Waals surface area contributed by atoms with Gasteiger partial charge in [-0.3, -0.25) is 4.79 Å². The molecular weight excluding hydrogens is 324 g/mol. The molecule has 2 aromatic rings. The van der Waals surface area contributed by atoms with Crippen LogP contribution in [0.2, 0.25) is 0 Å². The van der Waals surface area contributed by atoms with E-state index in [1.54, 1.807) is 14.2 Å². The Hall–Kier alpha value is -2.73. The number of carbonyl (C=O) groups is 1. The molecule has 0 atom stereocenters. The highest BCUT2D eigenvalue weighted by Gasteiger charge is 2.42.